The van der Waals surface area contributed by atoms with Crippen molar-refractivity contribution in [1.82, 2.24) is 0 Å². The van der Waals surface area contributed by atoms with Gasteiger partial charge in [0, 0.05) is 36.9 Å². The number of aliphatic hydroxyl groups excluding tert-OH is 1. The molecule has 1 heterocycles. The van der Waals surface area contributed by atoms with E-state index in [0.717, 1.165) is 69.0 Å². The Kier molecular flexibility index (Phi) is 9.56. The molecule has 4 aliphatic rings. The van der Waals surface area contributed by atoms with Crippen molar-refractivity contribution < 1.29 is 27.4 Å². The Labute approximate surface area is 248 Å². The van der Waals surface area contributed by atoms with E-state index in [1.54, 1.807) is 0 Å². The molecule has 0 radical (unpaired) electrons. The largest absolute Gasteiger partial charge is 0.493 e. The molecule has 2 saturated carbocycles. The molecular formula is C35H47F4NO2. The number of hydrogen-bond acceptors (Lipinski definition) is 3. The Bertz CT molecular complexity index is 1200. The van der Waals surface area contributed by atoms with Gasteiger partial charge in [-0.1, -0.05) is 38.5 Å². The van der Waals surface area contributed by atoms with Gasteiger partial charge in [0.2, 0.25) is 0 Å². The smallest absolute Gasteiger partial charge is 0.392 e. The molecule has 0 unspecified atom stereocenters. The summed E-state index contributed by atoms with van der Waals surface area (Å²) in [5.41, 5.74) is 6.19. The molecule has 0 atom stereocenters. The summed E-state index contributed by atoms with van der Waals surface area (Å²) in [6, 6.07) is 6.51. The highest BCUT2D eigenvalue weighted by Crippen LogP contribution is 2.55. The fourth-order valence-electron chi connectivity index (χ4n) is 7.92. The van der Waals surface area contributed by atoms with Crippen LogP contribution < -0.4 is 0 Å². The van der Waals surface area contributed by atoms with Gasteiger partial charge in [0.1, 0.15) is 11.6 Å². The molecule has 3 aliphatic carbocycles. The van der Waals surface area contributed by atoms with E-state index in [9.17, 15) is 22.7 Å². The van der Waals surface area contributed by atoms with E-state index in [-0.39, 0.29) is 30.0 Å². The highest BCUT2D eigenvalue weighted by atomic mass is 19.4. The van der Waals surface area contributed by atoms with E-state index in [0.29, 0.717) is 23.7 Å². The molecule has 1 aromatic carbocycles. The van der Waals surface area contributed by atoms with Crippen LogP contribution in [0.4, 0.5) is 17.6 Å². The predicted octanol–water partition coefficient (Wildman–Crippen LogP) is 9.33. The highest BCUT2D eigenvalue weighted by molar-refractivity contribution is 5.88. The summed E-state index contributed by atoms with van der Waals surface area (Å²) in [5.74, 6) is 1.13. The number of nitrogens with zero attached hydrogens (tertiary/aromatic N) is 1. The Morgan fingerprint density at radius 2 is 1.86 bits per heavy atom. The average Bonchev–Trinajstić information content (AvgIpc) is 2.93. The fourth-order valence-corrected chi connectivity index (χ4v) is 7.92. The summed E-state index contributed by atoms with van der Waals surface area (Å²) < 4.78 is 57.8. The predicted molar refractivity (Wildman–Crippen MR) is 160 cm³/mol. The SMILES string of the molecule is CCCc1cc(CC2CC3(CCN=C(C4CCC(C)(CO)CC4)C3)C2)ccc1C1=C(OCCC(F)(F)F)C=C(F)CC1. The van der Waals surface area contributed by atoms with Crippen LogP contribution in [0.15, 0.2) is 40.9 Å². The van der Waals surface area contributed by atoms with Crippen LogP contribution in [0, 0.1) is 22.7 Å². The van der Waals surface area contributed by atoms with Crippen molar-refractivity contribution in [2.75, 3.05) is 19.8 Å². The molecule has 1 spiro atoms. The number of aliphatic imine (C=N–C) groups is 1. The van der Waals surface area contributed by atoms with E-state index >= 15 is 0 Å². The van der Waals surface area contributed by atoms with Crippen molar-refractivity contribution in [3.8, 4) is 0 Å². The molecule has 7 heteroatoms. The van der Waals surface area contributed by atoms with Crippen molar-refractivity contribution in [2.45, 2.75) is 110 Å². The molecule has 1 aliphatic heterocycles. The summed E-state index contributed by atoms with van der Waals surface area (Å²) >= 11 is 0. The number of aliphatic hydroxyl groups is 1. The lowest BCUT2D eigenvalue weighted by atomic mass is 9.55. The molecule has 0 bridgehead atoms. The van der Waals surface area contributed by atoms with Crippen molar-refractivity contribution in [3.63, 3.8) is 0 Å². The van der Waals surface area contributed by atoms with E-state index < -0.39 is 19.2 Å². The zero-order valence-corrected chi connectivity index (χ0v) is 25.3. The number of alkyl halides is 3. The lowest BCUT2D eigenvalue weighted by Gasteiger charge is -2.51. The lowest BCUT2D eigenvalue weighted by molar-refractivity contribution is -0.142. The number of halogens is 4. The van der Waals surface area contributed by atoms with Gasteiger partial charge in [0.05, 0.1) is 13.0 Å². The summed E-state index contributed by atoms with van der Waals surface area (Å²) in [7, 11) is 0. The fraction of sp³-hybridized carbons (Fsp3) is 0.686. The number of benzene rings is 1. The minimum Gasteiger partial charge on any atom is -0.493 e. The minimum absolute atomic E-state index is 0.0826. The monoisotopic (exact) mass is 589 g/mol. The second kappa shape index (κ2) is 12.8. The molecule has 5 rings (SSSR count). The van der Waals surface area contributed by atoms with E-state index in [1.165, 1.54) is 42.2 Å². The van der Waals surface area contributed by atoms with Gasteiger partial charge in [-0.3, -0.25) is 4.99 Å². The first-order valence-electron chi connectivity index (χ1n) is 16.1. The first-order chi connectivity index (χ1) is 20.0. The van der Waals surface area contributed by atoms with Crippen LogP contribution >= 0.6 is 0 Å². The van der Waals surface area contributed by atoms with Gasteiger partial charge in [-0.05, 0) is 110 Å². The molecular weight excluding hydrogens is 542 g/mol. The van der Waals surface area contributed by atoms with Gasteiger partial charge in [-0.2, -0.15) is 13.2 Å². The van der Waals surface area contributed by atoms with E-state index in [4.69, 9.17) is 9.73 Å². The van der Waals surface area contributed by atoms with Crippen LogP contribution in [0.5, 0.6) is 0 Å². The first kappa shape index (κ1) is 31.3. The quantitative estimate of drug-likeness (QED) is 0.276. The summed E-state index contributed by atoms with van der Waals surface area (Å²) in [6.07, 6.45) is 8.69. The van der Waals surface area contributed by atoms with Crippen LogP contribution in [0.3, 0.4) is 0 Å². The van der Waals surface area contributed by atoms with Crippen LogP contribution in [0.1, 0.15) is 108 Å². The average molecular weight is 590 g/mol. The van der Waals surface area contributed by atoms with Gasteiger partial charge >= 0.3 is 6.18 Å². The van der Waals surface area contributed by atoms with Gasteiger partial charge in [0.25, 0.3) is 0 Å². The van der Waals surface area contributed by atoms with Gasteiger partial charge in [-0.25, -0.2) is 4.39 Å². The van der Waals surface area contributed by atoms with E-state index in [2.05, 4.69) is 32.0 Å². The number of ether oxygens (including phenoxy) is 1. The van der Waals surface area contributed by atoms with Gasteiger partial charge in [-0.15, -0.1) is 0 Å². The Balaban J connectivity index is 1.23. The third kappa shape index (κ3) is 7.49. The van der Waals surface area contributed by atoms with Crippen molar-refractivity contribution >= 4 is 11.3 Å². The standard InChI is InChI=1S/C35H47F4NO2/c1-3-4-27-18-24(5-7-29(27)30-8-6-28(36)19-32(30)42-16-14-35(37,38)39)17-25-20-34(21-25)13-15-40-31(22-34)26-9-11-33(2,23-41)12-10-26/h5,7,18-19,25-26,41H,3-4,6,8-17,20-23H2,1-2H3. The number of aryl methyl sites for hydroxylation is 1. The molecule has 232 valence electrons. The van der Waals surface area contributed by atoms with Gasteiger partial charge < -0.3 is 9.84 Å². The maximum atomic E-state index is 14.1. The maximum absolute atomic E-state index is 14.1. The first-order valence-corrected chi connectivity index (χ1v) is 16.1. The number of rotatable bonds is 10. The van der Waals surface area contributed by atoms with Crippen molar-refractivity contribution in [3.05, 3.63) is 52.6 Å². The van der Waals surface area contributed by atoms with Crippen molar-refractivity contribution in [2.24, 2.45) is 27.7 Å². The Morgan fingerprint density at radius 1 is 1.10 bits per heavy atom. The molecule has 0 aromatic heterocycles. The van der Waals surface area contributed by atoms with Crippen LogP contribution in [-0.4, -0.2) is 36.8 Å². The Hall–Kier alpha value is -2.15. The van der Waals surface area contributed by atoms with Crippen LogP contribution in [-0.2, 0) is 17.6 Å². The minimum atomic E-state index is -4.31. The van der Waals surface area contributed by atoms with Gasteiger partial charge in [0.15, 0.2) is 0 Å². The normalized spacial score (nSPS) is 30.2. The van der Waals surface area contributed by atoms with E-state index in [1.807, 2.05) is 0 Å². The molecule has 3 nitrogen and oxygen atoms in total. The topological polar surface area (TPSA) is 41.8 Å². The molecule has 42 heavy (non-hydrogen) atoms. The maximum Gasteiger partial charge on any atom is 0.392 e. The molecule has 2 fully saturated rings. The second-order valence-electron chi connectivity index (χ2n) is 13.9. The zero-order chi connectivity index (χ0) is 30.0. The molecule has 1 aromatic rings. The third-order valence-corrected chi connectivity index (χ3v) is 10.4. The van der Waals surface area contributed by atoms with Crippen molar-refractivity contribution in [1.29, 1.82) is 0 Å². The third-order valence-electron chi connectivity index (χ3n) is 10.4. The summed E-state index contributed by atoms with van der Waals surface area (Å²) in [6.45, 7) is 5.05. The molecule has 1 N–H and O–H groups in total. The lowest BCUT2D eigenvalue weighted by Crippen LogP contribution is -2.44. The van der Waals surface area contributed by atoms with Crippen LogP contribution in [0.2, 0.25) is 0 Å². The summed E-state index contributed by atoms with van der Waals surface area (Å²) in [4.78, 5) is 5.00. The molecule has 0 amide bonds. The number of allylic oxidation sites excluding steroid dienone is 3. The second-order valence-corrected chi connectivity index (χ2v) is 13.9. The zero-order valence-electron chi connectivity index (χ0n) is 25.3. The highest BCUT2D eigenvalue weighted by Gasteiger charge is 2.47. The van der Waals surface area contributed by atoms with Crippen LogP contribution in [0.25, 0.3) is 5.57 Å². The number of hydrogen-bond donors (Lipinski definition) is 1. The Morgan fingerprint density at radius 3 is 2.55 bits per heavy atom. The summed E-state index contributed by atoms with van der Waals surface area (Å²) in [5, 5.41) is 9.74. The molecule has 0 saturated heterocycles.